The summed E-state index contributed by atoms with van der Waals surface area (Å²) in [5, 5.41) is 10.2. The standard InChI is InChI=1S/C16H23N5O2S/c1-10-17-11(9-24-10)7-13(22)21-5-6-23-12(8-21)14-18-15(20-19-14)16(2,3)4/h9,12H,5-8H2,1-4H3,(H,18,19,20). The average molecular weight is 349 g/mol. The predicted octanol–water partition coefficient (Wildman–Crippen LogP) is 2.01. The smallest absolute Gasteiger partial charge is 0.228 e. The third kappa shape index (κ3) is 3.81. The average Bonchev–Trinajstić information content (AvgIpc) is 3.16. The fraction of sp³-hybridized carbons (Fsp3) is 0.625. The first kappa shape index (κ1) is 17.0. The number of nitrogens with zero attached hydrogens (tertiary/aromatic N) is 4. The Labute approximate surface area is 145 Å². The van der Waals surface area contributed by atoms with E-state index in [0.717, 1.165) is 16.5 Å². The number of hydrogen-bond acceptors (Lipinski definition) is 6. The van der Waals surface area contributed by atoms with E-state index in [2.05, 4.69) is 40.9 Å². The maximum atomic E-state index is 12.5. The zero-order chi connectivity index (χ0) is 17.3. The number of carbonyl (C=O) groups excluding carboxylic acids is 1. The molecule has 0 radical (unpaired) electrons. The van der Waals surface area contributed by atoms with Gasteiger partial charge in [-0.05, 0) is 6.92 Å². The Morgan fingerprint density at radius 3 is 2.88 bits per heavy atom. The fourth-order valence-corrected chi connectivity index (χ4v) is 3.16. The third-order valence-corrected chi connectivity index (χ3v) is 4.72. The summed E-state index contributed by atoms with van der Waals surface area (Å²) in [6, 6.07) is 0. The maximum absolute atomic E-state index is 12.5. The van der Waals surface area contributed by atoms with Crippen LogP contribution in [0.25, 0.3) is 0 Å². The van der Waals surface area contributed by atoms with Crippen LogP contribution in [0.15, 0.2) is 5.38 Å². The highest BCUT2D eigenvalue weighted by atomic mass is 32.1. The molecule has 0 saturated carbocycles. The van der Waals surface area contributed by atoms with Gasteiger partial charge in [0, 0.05) is 17.3 Å². The van der Waals surface area contributed by atoms with Crippen LogP contribution in [0, 0.1) is 6.92 Å². The predicted molar refractivity (Wildman–Crippen MR) is 90.9 cm³/mol. The molecule has 1 aliphatic heterocycles. The molecule has 3 rings (SSSR count). The lowest BCUT2D eigenvalue weighted by Crippen LogP contribution is -2.43. The van der Waals surface area contributed by atoms with Crippen molar-refractivity contribution >= 4 is 17.2 Å². The monoisotopic (exact) mass is 349 g/mol. The first-order chi connectivity index (χ1) is 11.3. The van der Waals surface area contributed by atoms with Crippen LogP contribution in [-0.2, 0) is 21.4 Å². The number of thiazole rings is 1. The summed E-state index contributed by atoms with van der Waals surface area (Å²) >= 11 is 1.57. The Hall–Kier alpha value is -1.80. The Balaban J connectivity index is 1.65. The zero-order valence-corrected chi connectivity index (χ0v) is 15.3. The van der Waals surface area contributed by atoms with E-state index in [1.54, 1.807) is 11.3 Å². The minimum atomic E-state index is -0.261. The Morgan fingerprint density at radius 1 is 1.46 bits per heavy atom. The maximum Gasteiger partial charge on any atom is 0.228 e. The van der Waals surface area contributed by atoms with E-state index >= 15 is 0 Å². The van der Waals surface area contributed by atoms with Crippen LogP contribution in [0.4, 0.5) is 0 Å². The van der Waals surface area contributed by atoms with Crippen LogP contribution in [0.1, 0.15) is 49.2 Å². The van der Waals surface area contributed by atoms with Crippen molar-refractivity contribution in [2.24, 2.45) is 0 Å². The first-order valence-electron chi connectivity index (χ1n) is 8.06. The number of nitrogens with one attached hydrogen (secondary N) is 1. The topological polar surface area (TPSA) is 84.0 Å². The van der Waals surface area contributed by atoms with Crippen molar-refractivity contribution in [3.05, 3.63) is 27.7 Å². The van der Waals surface area contributed by atoms with E-state index in [1.807, 2.05) is 17.2 Å². The molecule has 2 aromatic heterocycles. The second kappa shape index (κ2) is 6.60. The van der Waals surface area contributed by atoms with Gasteiger partial charge in [0.1, 0.15) is 6.10 Å². The summed E-state index contributed by atoms with van der Waals surface area (Å²) in [5.41, 5.74) is 0.710. The van der Waals surface area contributed by atoms with Crippen LogP contribution in [-0.4, -0.2) is 50.7 Å². The molecule has 0 spiro atoms. The Bertz CT molecular complexity index is 718. The minimum absolute atomic E-state index is 0.0733. The summed E-state index contributed by atoms with van der Waals surface area (Å²) < 4.78 is 5.78. The number of rotatable bonds is 3. The Kier molecular flexibility index (Phi) is 4.69. The van der Waals surface area contributed by atoms with Crippen molar-refractivity contribution in [3.8, 4) is 0 Å². The molecule has 0 aromatic carbocycles. The van der Waals surface area contributed by atoms with Crippen molar-refractivity contribution in [2.75, 3.05) is 19.7 Å². The first-order valence-corrected chi connectivity index (χ1v) is 8.94. The molecule has 8 heteroatoms. The van der Waals surface area contributed by atoms with Crippen molar-refractivity contribution in [3.63, 3.8) is 0 Å². The number of aromatic nitrogens is 4. The largest absolute Gasteiger partial charge is 0.367 e. The van der Waals surface area contributed by atoms with Gasteiger partial charge in [0.05, 0.1) is 30.3 Å². The SMILES string of the molecule is Cc1nc(CC(=O)N2CCOC(c3nc(C(C)(C)C)n[nH]3)C2)cs1. The minimum Gasteiger partial charge on any atom is -0.367 e. The number of hydrogen-bond donors (Lipinski definition) is 1. The summed E-state index contributed by atoms with van der Waals surface area (Å²) in [6.07, 6.45) is 0.0734. The molecule has 7 nitrogen and oxygen atoms in total. The Morgan fingerprint density at radius 2 is 2.25 bits per heavy atom. The van der Waals surface area contributed by atoms with Gasteiger partial charge in [0.25, 0.3) is 0 Å². The summed E-state index contributed by atoms with van der Waals surface area (Å²) in [7, 11) is 0. The van der Waals surface area contributed by atoms with Crippen LogP contribution in [0.5, 0.6) is 0 Å². The van der Waals surface area contributed by atoms with Gasteiger partial charge in [-0.2, -0.15) is 5.10 Å². The lowest BCUT2D eigenvalue weighted by Gasteiger charge is -2.31. The molecule has 1 fully saturated rings. The number of aromatic amines is 1. The highest BCUT2D eigenvalue weighted by Gasteiger charge is 2.29. The molecule has 130 valence electrons. The normalized spacial score (nSPS) is 18.8. The van der Waals surface area contributed by atoms with Gasteiger partial charge in [-0.15, -0.1) is 11.3 Å². The van der Waals surface area contributed by atoms with Crippen LogP contribution in [0.3, 0.4) is 0 Å². The molecular formula is C16H23N5O2S. The summed E-state index contributed by atoms with van der Waals surface area (Å²) in [6.45, 7) is 9.71. The van der Waals surface area contributed by atoms with E-state index < -0.39 is 0 Å². The second-order valence-electron chi connectivity index (χ2n) is 7.03. The molecule has 1 saturated heterocycles. The van der Waals surface area contributed by atoms with E-state index in [9.17, 15) is 4.79 Å². The molecule has 0 bridgehead atoms. The lowest BCUT2D eigenvalue weighted by atomic mass is 9.96. The molecule has 2 aromatic rings. The van der Waals surface area contributed by atoms with E-state index in [0.29, 0.717) is 31.9 Å². The molecule has 3 heterocycles. The summed E-state index contributed by atoms with van der Waals surface area (Å²) in [5.74, 6) is 1.51. The molecule has 0 aliphatic carbocycles. The molecular weight excluding hydrogens is 326 g/mol. The molecule has 1 atom stereocenters. The highest BCUT2D eigenvalue weighted by molar-refractivity contribution is 7.09. The van der Waals surface area contributed by atoms with Gasteiger partial charge in [0.2, 0.25) is 5.91 Å². The number of ether oxygens (including phenoxy) is 1. The lowest BCUT2D eigenvalue weighted by molar-refractivity contribution is -0.138. The van der Waals surface area contributed by atoms with E-state index in [1.165, 1.54) is 0 Å². The van der Waals surface area contributed by atoms with Crippen LogP contribution in [0.2, 0.25) is 0 Å². The quantitative estimate of drug-likeness (QED) is 0.916. The van der Waals surface area contributed by atoms with Crippen molar-refractivity contribution in [1.82, 2.24) is 25.1 Å². The van der Waals surface area contributed by atoms with Gasteiger partial charge in [-0.25, -0.2) is 9.97 Å². The molecule has 1 N–H and O–H groups in total. The van der Waals surface area contributed by atoms with Gasteiger partial charge in [-0.3, -0.25) is 9.89 Å². The third-order valence-electron chi connectivity index (χ3n) is 3.90. The molecule has 24 heavy (non-hydrogen) atoms. The fourth-order valence-electron chi connectivity index (χ4n) is 2.55. The van der Waals surface area contributed by atoms with E-state index in [4.69, 9.17) is 4.74 Å². The van der Waals surface area contributed by atoms with Gasteiger partial charge >= 0.3 is 0 Å². The van der Waals surface area contributed by atoms with Gasteiger partial charge in [-0.1, -0.05) is 20.8 Å². The summed E-state index contributed by atoms with van der Waals surface area (Å²) in [4.78, 5) is 23.2. The molecule has 1 aliphatic rings. The number of H-pyrrole nitrogens is 1. The van der Waals surface area contributed by atoms with E-state index in [-0.39, 0.29) is 17.4 Å². The number of carbonyl (C=O) groups is 1. The number of amides is 1. The molecule has 1 unspecified atom stereocenters. The van der Waals surface area contributed by atoms with Gasteiger partial charge < -0.3 is 9.64 Å². The van der Waals surface area contributed by atoms with Crippen molar-refractivity contribution < 1.29 is 9.53 Å². The number of morpholine rings is 1. The molecule has 1 amide bonds. The zero-order valence-electron chi connectivity index (χ0n) is 14.5. The van der Waals surface area contributed by atoms with Crippen LogP contribution >= 0.6 is 11.3 Å². The second-order valence-corrected chi connectivity index (χ2v) is 8.09. The van der Waals surface area contributed by atoms with Crippen LogP contribution < -0.4 is 0 Å². The van der Waals surface area contributed by atoms with Crippen molar-refractivity contribution in [2.45, 2.75) is 45.6 Å². The van der Waals surface area contributed by atoms with Gasteiger partial charge in [0.15, 0.2) is 11.6 Å². The van der Waals surface area contributed by atoms with Crippen molar-refractivity contribution in [1.29, 1.82) is 0 Å². The highest BCUT2D eigenvalue weighted by Crippen LogP contribution is 2.23. The number of aryl methyl sites for hydroxylation is 1.